The molecule has 10 heteroatoms. The van der Waals surface area contributed by atoms with E-state index in [4.69, 9.17) is 34.4 Å². The van der Waals surface area contributed by atoms with E-state index in [1.54, 1.807) is 0 Å². The number of hydrogen-bond acceptors (Lipinski definition) is 10. The van der Waals surface area contributed by atoms with Crippen molar-refractivity contribution in [3.63, 3.8) is 0 Å². The molecule has 0 radical (unpaired) electrons. The van der Waals surface area contributed by atoms with Gasteiger partial charge in [0.1, 0.15) is 0 Å². The van der Waals surface area contributed by atoms with Gasteiger partial charge in [0.05, 0.1) is 0 Å². The minimum Gasteiger partial charge on any atom is -0.399 e. The van der Waals surface area contributed by atoms with Crippen molar-refractivity contribution in [2.24, 2.45) is 0 Å². The van der Waals surface area contributed by atoms with Crippen LogP contribution in [0, 0.1) is 0 Å². The molecule has 9 rings (SSSR count). The first-order chi connectivity index (χ1) is 31.1. The van der Waals surface area contributed by atoms with Gasteiger partial charge in [0.2, 0.25) is 0 Å². The SMILES string of the molecule is Nc1ccc(-c2ccc(N)cc2Nc2ccc(N(c3ccc(Nc4cc(N)ccc4-c4ccc(N)cc4)cc3)c3ccc(Nc4cc(N)ccc4-c4ccc(N)cc4)cc3)cc2)cc1. The Morgan fingerprint density at radius 1 is 0.250 bits per heavy atom. The molecule has 0 bridgehead atoms. The van der Waals surface area contributed by atoms with E-state index in [-0.39, 0.29) is 0 Å². The van der Waals surface area contributed by atoms with Crippen molar-refractivity contribution in [1.82, 2.24) is 0 Å². The Balaban J connectivity index is 1.04. The normalized spacial score (nSPS) is 10.9. The van der Waals surface area contributed by atoms with Gasteiger partial charge >= 0.3 is 0 Å². The zero-order valence-corrected chi connectivity index (χ0v) is 35.0. The van der Waals surface area contributed by atoms with Crippen molar-refractivity contribution in [1.29, 1.82) is 0 Å². The standard InChI is InChI=1S/C54H48N10/c55-37-7-1-34(2-8-37)49-28-13-40(58)31-52(49)61-43-16-22-46(23-17-43)64(47-24-18-44(19-25-47)62-53-32-41(59)14-29-50(53)35-3-9-38(56)10-4-35)48-26-20-45(21-27-48)63-54-33-42(60)15-30-51(54)36-5-11-39(57)12-6-36/h1-33,61-63H,55-60H2. The fourth-order valence-corrected chi connectivity index (χ4v) is 7.73. The van der Waals surface area contributed by atoms with Crippen LogP contribution in [-0.4, -0.2) is 0 Å². The molecule has 64 heavy (non-hydrogen) atoms. The summed E-state index contributed by atoms with van der Waals surface area (Å²) in [7, 11) is 0. The Kier molecular flexibility index (Phi) is 11.1. The van der Waals surface area contributed by atoms with Gasteiger partial charge in [-0.3, -0.25) is 0 Å². The highest BCUT2D eigenvalue weighted by Gasteiger charge is 2.16. The Morgan fingerprint density at radius 2 is 0.484 bits per heavy atom. The summed E-state index contributed by atoms with van der Waals surface area (Å²) in [6.45, 7) is 0. The maximum Gasteiger partial charge on any atom is 0.0484 e. The summed E-state index contributed by atoms with van der Waals surface area (Å²) in [5, 5.41) is 10.8. The molecule has 0 aromatic heterocycles. The highest BCUT2D eigenvalue weighted by Crippen LogP contribution is 2.40. The Morgan fingerprint density at radius 3 is 0.734 bits per heavy atom. The van der Waals surface area contributed by atoms with Gasteiger partial charge in [-0.15, -0.1) is 0 Å². The largest absolute Gasteiger partial charge is 0.399 e. The molecule has 0 amide bonds. The maximum atomic E-state index is 6.28. The van der Waals surface area contributed by atoms with Gasteiger partial charge in [0.15, 0.2) is 0 Å². The van der Waals surface area contributed by atoms with Crippen LogP contribution in [0.4, 0.5) is 85.3 Å². The van der Waals surface area contributed by atoms with Gasteiger partial charge in [-0.1, -0.05) is 54.6 Å². The third-order valence-corrected chi connectivity index (χ3v) is 11.0. The van der Waals surface area contributed by atoms with Crippen LogP contribution in [0.5, 0.6) is 0 Å². The van der Waals surface area contributed by atoms with Crippen LogP contribution in [0.2, 0.25) is 0 Å². The molecular formula is C54H48N10. The second-order valence-electron chi connectivity index (χ2n) is 15.6. The lowest BCUT2D eigenvalue weighted by Gasteiger charge is -2.26. The van der Waals surface area contributed by atoms with E-state index >= 15 is 0 Å². The first-order valence-corrected chi connectivity index (χ1v) is 20.8. The summed E-state index contributed by atoms with van der Waals surface area (Å²) >= 11 is 0. The number of nitrogens with one attached hydrogen (secondary N) is 3. The molecule has 0 fully saturated rings. The average molecular weight is 837 g/mol. The Bertz CT molecular complexity index is 2710. The molecule has 314 valence electrons. The fourth-order valence-electron chi connectivity index (χ4n) is 7.73. The predicted molar refractivity (Wildman–Crippen MR) is 273 cm³/mol. The molecule has 0 aliphatic rings. The molecule has 9 aromatic rings. The van der Waals surface area contributed by atoms with Gasteiger partial charge in [0.25, 0.3) is 0 Å². The second kappa shape index (κ2) is 17.5. The predicted octanol–water partition coefficient (Wildman–Crippen LogP) is 12.9. The third-order valence-electron chi connectivity index (χ3n) is 11.0. The molecule has 0 saturated carbocycles. The van der Waals surface area contributed by atoms with Crippen LogP contribution in [0.3, 0.4) is 0 Å². The smallest absolute Gasteiger partial charge is 0.0484 e. The summed E-state index contributed by atoms with van der Waals surface area (Å²) in [5.74, 6) is 0. The van der Waals surface area contributed by atoms with Crippen molar-refractivity contribution in [3.05, 3.63) is 200 Å². The molecule has 15 N–H and O–H groups in total. The van der Waals surface area contributed by atoms with Gasteiger partial charge in [-0.25, -0.2) is 0 Å². The lowest BCUT2D eigenvalue weighted by molar-refractivity contribution is 1.28. The molecule has 9 aromatic carbocycles. The minimum absolute atomic E-state index is 0.662. The van der Waals surface area contributed by atoms with Crippen LogP contribution in [0.25, 0.3) is 33.4 Å². The summed E-state index contributed by atoms with van der Waals surface area (Å²) in [5.41, 5.74) is 55.3. The molecule has 0 heterocycles. The zero-order valence-electron chi connectivity index (χ0n) is 35.0. The fraction of sp³-hybridized carbons (Fsp3) is 0. The number of nitrogens with two attached hydrogens (primary N) is 6. The molecule has 0 saturated heterocycles. The number of rotatable bonds is 12. The van der Waals surface area contributed by atoms with Crippen LogP contribution in [0.1, 0.15) is 0 Å². The van der Waals surface area contributed by atoms with Crippen LogP contribution >= 0.6 is 0 Å². The first-order valence-electron chi connectivity index (χ1n) is 20.8. The monoisotopic (exact) mass is 836 g/mol. The van der Waals surface area contributed by atoms with E-state index < -0.39 is 0 Å². The number of hydrogen-bond donors (Lipinski definition) is 9. The summed E-state index contributed by atoms with van der Waals surface area (Å²) in [4.78, 5) is 2.22. The van der Waals surface area contributed by atoms with Gasteiger partial charge in [-0.2, -0.15) is 0 Å². The Hall–Kier alpha value is -9.02. The highest BCUT2D eigenvalue weighted by atomic mass is 15.1. The van der Waals surface area contributed by atoms with Crippen molar-refractivity contribution in [2.45, 2.75) is 0 Å². The van der Waals surface area contributed by atoms with Crippen molar-refractivity contribution < 1.29 is 0 Å². The van der Waals surface area contributed by atoms with E-state index in [0.717, 1.165) is 84.6 Å². The van der Waals surface area contributed by atoms with Gasteiger partial charge < -0.3 is 55.3 Å². The second-order valence-corrected chi connectivity index (χ2v) is 15.6. The van der Waals surface area contributed by atoms with E-state index in [9.17, 15) is 0 Å². The molecule has 0 spiro atoms. The van der Waals surface area contributed by atoms with Crippen molar-refractivity contribution in [2.75, 3.05) is 55.3 Å². The molecule has 0 aliphatic heterocycles. The summed E-state index contributed by atoms with van der Waals surface area (Å²) < 4.78 is 0. The van der Waals surface area contributed by atoms with E-state index in [0.29, 0.717) is 34.1 Å². The molecular weight excluding hydrogens is 789 g/mol. The topological polar surface area (TPSA) is 195 Å². The molecule has 0 aliphatic carbocycles. The van der Waals surface area contributed by atoms with E-state index in [1.807, 2.05) is 127 Å². The number of nitrogen functional groups attached to an aromatic ring is 6. The van der Waals surface area contributed by atoms with Crippen LogP contribution in [-0.2, 0) is 0 Å². The first kappa shape index (κ1) is 40.4. The van der Waals surface area contributed by atoms with E-state index in [2.05, 4.69) is 93.6 Å². The molecule has 10 nitrogen and oxygen atoms in total. The third kappa shape index (κ3) is 9.02. The summed E-state index contributed by atoms with van der Waals surface area (Å²) in [6, 6.07) is 66.1. The number of nitrogens with zero attached hydrogens (tertiary/aromatic N) is 1. The van der Waals surface area contributed by atoms with E-state index in [1.165, 1.54) is 0 Å². The van der Waals surface area contributed by atoms with Gasteiger partial charge in [-0.05, 0) is 162 Å². The van der Waals surface area contributed by atoms with Crippen LogP contribution < -0.4 is 55.3 Å². The number of benzene rings is 9. The maximum absolute atomic E-state index is 6.28. The number of anilines is 15. The summed E-state index contributed by atoms with van der Waals surface area (Å²) in [6.07, 6.45) is 0. The highest BCUT2D eigenvalue weighted by molar-refractivity contribution is 5.88. The zero-order chi connectivity index (χ0) is 44.2. The van der Waals surface area contributed by atoms with Crippen molar-refractivity contribution in [3.8, 4) is 33.4 Å². The molecule has 0 atom stereocenters. The quantitative estimate of drug-likeness (QED) is 0.0534. The minimum atomic E-state index is 0.662. The molecule has 0 unspecified atom stereocenters. The van der Waals surface area contributed by atoms with Crippen molar-refractivity contribution >= 4 is 85.3 Å². The van der Waals surface area contributed by atoms with Crippen LogP contribution in [0.15, 0.2) is 200 Å². The Labute approximate surface area is 372 Å². The average Bonchev–Trinajstić information content (AvgIpc) is 3.30. The lowest BCUT2D eigenvalue weighted by Crippen LogP contribution is -2.10. The lowest BCUT2D eigenvalue weighted by atomic mass is 10.0. The van der Waals surface area contributed by atoms with Gasteiger partial charge in [0, 0.05) is 102 Å².